The van der Waals surface area contributed by atoms with Crippen molar-refractivity contribution < 1.29 is 14.3 Å². The van der Waals surface area contributed by atoms with Crippen LogP contribution in [-0.2, 0) is 14.3 Å². The van der Waals surface area contributed by atoms with Crippen molar-refractivity contribution in [1.29, 1.82) is 0 Å². The number of nitrogens with zero attached hydrogens (tertiary/aromatic N) is 3. The van der Waals surface area contributed by atoms with Crippen LogP contribution in [0, 0.1) is 5.92 Å². The van der Waals surface area contributed by atoms with Crippen LogP contribution in [0.5, 0.6) is 0 Å². The SMILES string of the molecule is CC.CC(=O)NC(C(=O)N1CCC(n2cccn2)CC1)C(C)OCC1CCCCC1. The molecule has 1 aliphatic carbocycles. The minimum absolute atomic E-state index is 0.0368. The van der Waals surface area contributed by atoms with Gasteiger partial charge in [-0.1, -0.05) is 33.1 Å². The molecule has 7 nitrogen and oxygen atoms in total. The fraction of sp³-hybridized carbons (Fsp3) is 0.783. The van der Waals surface area contributed by atoms with Crippen molar-refractivity contribution in [2.45, 2.75) is 90.8 Å². The standard InChI is InChI=1S/C21H34N4O3.C2H6/c1-16(28-15-18-7-4-3-5-8-18)20(23-17(2)26)21(27)24-13-9-19(10-14-24)25-12-6-11-22-25;1-2/h6,11-12,16,18-20H,3-5,7-10,13-15H2,1-2H3,(H,23,26);1-2H3. The average molecular weight is 421 g/mol. The normalized spacial score (nSPS) is 20.1. The van der Waals surface area contributed by atoms with Gasteiger partial charge in [-0.15, -0.1) is 0 Å². The van der Waals surface area contributed by atoms with E-state index in [0.717, 1.165) is 12.8 Å². The molecule has 1 aromatic heterocycles. The van der Waals surface area contributed by atoms with Crippen LogP contribution in [0.1, 0.15) is 78.7 Å². The number of amides is 2. The molecule has 1 saturated carbocycles. The first kappa shape index (κ1) is 24.4. The maximum atomic E-state index is 13.1. The molecule has 1 saturated heterocycles. The molecule has 0 spiro atoms. The number of carbonyl (C=O) groups excluding carboxylic acids is 2. The lowest BCUT2D eigenvalue weighted by Gasteiger charge is -2.36. The first-order chi connectivity index (χ1) is 14.5. The van der Waals surface area contributed by atoms with E-state index < -0.39 is 6.04 Å². The molecule has 2 fully saturated rings. The van der Waals surface area contributed by atoms with E-state index in [-0.39, 0.29) is 17.9 Å². The molecular formula is C23H40N4O3. The maximum absolute atomic E-state index is 13.1. The third-order valence-corrected chi connectivity index (χ3v) is 6.09. The first-order valence-corrected chi connectivity index (χ1v) is 11.7. The number of carbonyl (C=O) groups is 2. The Bertz CT molecular complexity index is 620. The Morgan fingerprint density at radius 2 is 1.80 bits per heavy atom. The molecule has 2 unspecified atom stereocenters. The summed E-state index contributed by atoms with van der Waals surface area (Å²) in [5, 5.41) is 7.15. The Morgan fingerprint density at radius 3 is 2.37 bits per heavy atom. The highest BCUT2D eigenvalue weighted by Gasteiger charge is 2.33. The second-order valence-corrected chi connectivity index (χ2v) is 8.26. The van der Waals surface area contributed by atoms with Crippen molar-refractivity contribution in [2.24, 2.45) is 5.92 Å². The number of hydrogen-bond donors (Lipinski definition) is 1. The van der Waals surface area contributed by atoms with Gasteiger partial charge < -0.3 is 15.0 Å². The van der Waals surface area contributed by atoms with Gasteiger partial charge in [0.15, 0.2) is 0 Å². The second kappa shape index (κ2) is 12.7. The zero-order valence-electron chi connectivity index (χ0n) is 19.2. The van der Waals surface area contributed by atoms with E-state index in [1.54, 1.807) is 6.20 Å². The summed E-state index contributed by atoms with van der Waals surface area (Å²) < 4.78 is 8.04. The molecule has 1 aliphatic heterocycles. The third-order valence-electron chi connectivity index (χ3n) is 6.09. The van der Waals surface area contributed by atoms with E-state index in [4.69, 9.17) is 4.74 Å². The van der Waals surface area contributed by atoms with Gasteiger partial charge in [-0.25, -0.2) is 0 Å². The molecule has 0 bridgehead atoms. The summed E-state index contributed by atoms with van der Waals surface area (Å²) >= 11 is 0. The van der Waals surface area contributed by atoms with Crippen molar-refractivity contribution in [3.05, 3.63) is 18.5 Å². The van der Waals surface area contributed by atoms with Crippen molar-refractivity contribution in [3.8, 4) is 0 Å². The number of piperidine rings is 1. The van der Waals surface area contributed by atoms with E-state index in [0.29, 0.717) is 31.7 Å². The molecule has 3 rings (SSSR count). The minimum Gasteiger partial charge on any atom is -0.376 e. The van der Waals surface area contributed by atoms with Crippen LogP contribution in [0.25, 0.3) is 0 Å². The van der Waals surface area contributed by atoms with Gasteiger partial charge >= 0.3 is 0 Å². The minimum atomic E-state index is -0.623. The zero-order valence-corrected chi connectivity index (χ0v) is 19.2. The smallest absolute Gasteiger partial charge is 0.247 e. The van der Waals surface area contributed by atoms with Crippen LogP contribution >= 0.6 is 0 Å². The predicted molar refractivity (Wildman–Crippen MR) is 118 cm³/mol. The molecule has 0 radical (unpaired) electrons. The third kappa shape index (κ3) is 7.11. The molecule has 170 valence electrons. The highest BCUT2D eigenvalue weighted by Crippen LogP contribution is 2.25. The number of aromatic nitrogens is 2. The molecule has 2 heterocycles. The molecule has 1 N–H and O–H groups in total. The van der Waals surface area contributed by atoms with Gasteiger partial charge in [0.05, 0.1) is 12.1 Å². The van der Waals surface area contributed by atoms with Crippen LogP contribution < -0.4 is 5.32 Å². The van der Waals surface area contributed by atoms with E-state index >= 15 is 0 Å². The van der Waals surface area contributed by atoms with Gasteiger partial charge in [-0.05, 0) is 44.6 Å². The number of ether oxygens (including phenoxy) is 1. The molecular weight excluding hydrogens is 380 g/mol. The Kier molecular flexibility index (Phi) is 10.3. The van der Waals surface area contributed by atoms with Gasteiger partial charge in [0, 0.05) is 39.0 Å². The zero-order chi connectivity index (χ0) is 21.9. The summed E-state index contributed by atoms with van der Waals surface area (Å²) in [7, 11) is 0. The van der Waals surface area contributed by atoms with Gasteiger partial charge in [-0.2, -0.15) is 5.10 Å². The topological polar surface area (TPSA) is 76.5 Å². The van der Waals surface area contributed by atoms with Crippen molar-refractivity contribution in [2.75, 3.05) is 19.7 Å². The summed E-state index contributed by atoms with van der Waals surface area (Å²) in [5.74, 6) is 0.345. The maximum Gasteiger partial charge on any atom is 0.247 e. The lowest BCUT2D eigenvalue weighted by Crippen LogP contribution is -2.55. The number of hydrogen-bond acceptors (Lipinski definition) is 4. The number of likely N-dealkylation sites (tertiary alicyclic amines) is 1. The summed E-state index contributed by atoms with van der Waals surface area (Å²) in [5.41, 5.74) is 0. The highest BCUT2D eigenvalue weighted by atomic mass is 16.5. The molecule has 7 heteroatoms. The molecule has 2 aliphatic rings. The summed E-state index contributed by atoms with van der Waals surface area (Å²) in [6.07, 6.45) is 11.4. The predicted octanol–water partition coefficient (Wildman–Crippen LogP) is 3.56. The second-order valence-electron chi connectivity index (χ2n) is 8.26. The Balaban J connectivity index is 0.00000155. The lowest BCUT2D eigenvalue weighted by atomic mass is 9.90. The van der Waals surface area contributed by atoms with Gasteiger partial charge in [0.2, 0.25) is 11.8 Å². The molecule has 1 aromatic rings. The van der Waals surface area contributed by atoms with Gasteiger partial charge in [0.1, 0.15) is 6.04 Å². The summed E-state index contributed by atoms with van der Waals surface area (Å²) in [6, 6.07) is 1.64. The van der Waals surface area contributed by atoms with E-state index in [1.807, 2.05) is 42.6 Å². The van der Waals surface area contributed by atoms with Gasteiger partial charge in [-0.3, -0.25) is 14.3 Å². The summed E-state index contributed by atoms with van der Waals surface area (Å²) in [4.78, 5) is 26.7. The Morgan fingerprint density at radius 1 is 1.13 bits per heavy atom. The fourth-order valence-corrected chi connectivity index (χ4v) is 4.38. The van der Waals surface area contributed by atoms with E-state index in [9.17, 15) is 9.59 Å². The van der Waals surface area contributed by atoms with Crippen molar-refractivity contribution in [1.82, 2.24) is 20.0 Å². The average Bonchev–Trinajstić information content (AvgIpc) is 3.32. The first-order valence-electron chi connectivity index (χ1n) is 11.7. The Hall–Kier alpha value is -1.89. The molecule has 30 heavy (non-hydrogen) atoms. The number of nitrogens with one attached hydrogen (secondary N) is 1. The fourth-order valence-electron chi connectivity index (χ4n) is 4.38. The Labute approximate surface area is 181 Å². The van der Waals surface area contributed by atoms with Crippen molar-refractivity contribution in [3.63, 3.8) is 0 Å². The van der Waals surface area contributed by atoms with Crippen LogP contribution in [0.15, 0.2) is 18.5 Å². The van der Waals surface area contributed by atoms with Crippen LogP contribution in [0.4, 0.5) is 0 Å². The molecule has 0 aromatic carbocycles. The van der Waals surface area contributed by atoms with Crippen molar-refractivity contribution >= 4 is 11.8 Å². The van der Waals surface area contributed by atoms with E-state index in [1.165, 1.54) is 39.0 Å². The van der Waals surface area contributed by atoms with Gasteiger partial charge in [0.25, 0.3) is 0 Å². The molecule has 2 atom stereocenters. The molecule has 2 amide bonds. The van der Waals surface area contributed by atoms with Crippen LogP contribution in [-0.4, -0.2) is 58.3 Å². The van der Waals surface area contributed by atoms with E-state index in [2.05, 4.69) is 10.4 Å². The highest BCUT2D eigenvalue weighted by molar-refractivity contribution is 5.87. The quantitative estimate of drug-likeness (QED) is 0.732. The van der Waals surface area contributed by atoms with Crippen LogP contribution in [0.2, 0.25) is 0 Å². The largest absolute Gasteiger partial charge is 0.376 e. The lowest BCUT2D eigenvalue weighted by molar-refractivity contribution is -0.142. The number of rotatable bonds is 7. The van der Waals surface area contributed by atoms with Crippen LogP contribution in [0.3, 0.4) is 0 Å². The monoisotopic (exact) mass is 420 g/mol. The summed E-state index contributed by atoms with van der Waals surface area (Å²) in [6.45, 7) is 9.38.